The average molecular weight is 385 g/mol. The maximum Gasteiger partial charge on any atom is 0.315 e. The number of hydroxylamine groups is 2. The number of nitrogens with zero attached hydrogens (tertiary/aromatic N) is 1. The minimum absolute atomic E-state index is 0.144. The van der Waals surface area contributed by atoms with Crippen molar-refractivity contribution in [2.45, 2.75) is 64.3 Å². The number of hydrogen-bond donors (Lipinski definition) is 1. The molecule has 1 aliphatic carbocycles. The highest BCUT2D eigenvalue weighted by atomic mass is 127. The van der Waals surface area contributed by atoms with E-state index < -0.39 is 0 Å². The molecule has 6 heteroatoms. The topological polar surface area (TPSA) is 59.0 Å². The maximum atomic E-state index is 10.9. The first-order valence-electron chi connectivity index (χ1n) is 7.06. The van der Waals surface area contributed by atoms with Crippen LogP contribution in [0.2, 0.25) is 0 Å². The third-order valence-corrected chi connectivity index (χ3v) is 4.12. The van der Waals surface area contributed by atoms with Crippen LogP contribution < -0.4 is 0 Å². The van der Waals surface area contributed by atoms with Crippen LogP contribution in [-0.2, 0) is 12.7 Å². The summed E-state index contributed by atoms with van der Waals surface area (Å²) in [7, 11) is 0. The zero-order valence-corrected chi connectivity index (χ0v) is 13.7. The summed E-state index contributed by atoms with van der Waals surface area (Å²) >= 11 is 1.60. The minimum Gasteiger partial charge on any atom is -0.394 e. The van der Waals surface area contributed by atoms with Crippen molar-refractivity contribution >= 4 is 29.0 Å². The predicted molar refractivity (Wildman–Crippen MR) is 79.6 cm³/mol. The molecule has 0 heterocycles. The molecule has 0 unspecified atom stereocenters. The lowest BCUT2D eigenvalue weighted by Gasteiger charge is -2.30. The van der Waals surface area contributed by atoms with Gasteiger partial charge < -0.3 is 3.07 Å². The highest BCUT2D eigenvalue weighted by Gasteiger charge is 2.23. The Hall–Kier alpha value is 0.0800. The second-order valence-electron chi connectivity index (χ2n) is 5.31. The van der Waals surface area contributed by atoms with Crippen molar-refractivity contribution in [3.63, 3.8) is 0 Å². The van der Waals surface area contributed by atoms with Gasteiger partial charge >= 0.3 is 5.97 Å². The van der Waals surface area contributed by atoms with Crippen LogP contribution in [0.4, 0.5) is 0 Å². The zero-order valence-electron chi connectivity index (χ0n) is 11.5. The largest absolute Gasteiger partial charge is 0.394 e. The lowest BCUT2D eigenvalue weighted by molar-refractivity contribution is -0.366. The van der Waals surface area contributed by atoms with E-state index in [9.17, 15) is 10.0 Å². The Labute approximate surface area is 129 Å². The molecule has 1 fully saturated rings. The molecule has 0 radical (unpaired) electrons. The fraction of sp³-hybridized carbons (Fsp3) is 0.923. The Morgan fingerprint density at radius 2 is 1.95 bits per heavy atom. The van der Waals surface area contributed by atoms with Crippen molar-refractivity contribution in [2.75, 3.05) is 6.61 Å². The summed E-state index contributed by atoms with van der Waals surface area (Å²) in [5, 5.41) is 10.8. The van der Waals surface area contributed by atoms with Crippen LogP contribution in [0.25, 0.3) is 0 Å². The Morgan fingerprint density at radius 3 is 2.58 bits per heavy atom. The molecule has 0 aliphatic heterocycles. The Balaban J connectivity index is 1.98. The third kappa shape index (κ3) is 7.43. The number of carbonyl (C=O) groups excluding carboxylic acids is 1. The number of carbonyl (C=O) groups is 1. The van der Waals surface area contributed by atoms with Crippen LogP contribution >= 0.6 is 23.0 Å². The monoisotopic (exact) mass is 385 g/mol. The molecule has 0 saturated heterocycles. The van der Waals surface area contributed by atoms with Gasteiger partial charge in [-0.05, 0) is 44.4 Å². The SMILES string of the molecule is CC1CCC(N(O)OCCCCCC(=O)OI)CC1. The summed E-state index contributed by atoms with van der Waals surface area (Å²) in [5.41, 5.74) is 0. The van der Waals surface area contributed by atoms with Crippen LogP contribution in [0.15, 0.2) is 0 Å². The van der Waals surface area contributed by atoms with Gasteiger partial charge in [0.25, 0.3) is 0 Å². The van der Waals surface area contributed by atoms with Crippen LogP contribution in [0, 0.1) is 5.92 Å². The number of halogens is 1. The van der Waals surface area contributed by atoms with E-state index in [1.165, 1.54) is 0 Å². The van der Waals surface area contributed by atoms with Crippen molar-refractivity contribution in [1.29, 1.82) is 0 Å². The highest BCUT2D eigenvalue weighted by Crippen LogP contribution is 2.26. The second-order valence-corrected chi connectivity index (χ2v) is 5.75. The van der Waals surface area contributed by atoms with Gasteiger partial charge in [0.05, 0.1) is 12.6 Å². The van der Waals surface area contributed by atoms with E-state index in [1.54, 1.807) is 23.0 Å². The average Bonchev–Trinajstić information content (AvgIpc) is 2.42. The van der Waals surface area contributed by atoms with Gasteiger partial charge in [-0.15, -0.1) is 0 Å². The molecule has 1 saturated carbocycles. The Bertz CT molecular complexity index is 257. The molecule has 1 aliphatic rings. The standard InChI is InChI=1S/C13H24INO4/c1-11-6-8-12(9-7-11)15(17)18-10-4-2-3-5-13(16)19-14/h11-12,17H,2-10H2,1H3. The van der Waals surface area contributed by atoms with Gasteiger partial charge in [0.2, 0.25) is 0 Å². The molecule has 0 amide bonds. The summed E-state index contributed by atoms with van der Waals surface area (Å²) in [4.78, 5) is 16.2. The first-order valence-corrected chi connectivity index (χ1v) is 7.94. The zero-order chi connectivity index (χ0) is 14.1. The first kappa shape index (κ1) is 17.1. The fourth-order valence-electron chi connectivity index (χ4n) is 2.31. The normalized spacial score (nSPS) is 23.6. The smallest absolute Gasteiger partial charge is 0.315 e. The summed E-state index contributed by atoms with van der Waals surface area (Å²) < 4.78 is 4.53. The molecule has 0 spiro atoms. The molecule has 5 nitrogen and oxygen atoms in total. The van der Waals surface area contributed by atoms with Crippen molar-refractivity contribution in [3.05, 3.63) is 0 Å². The minimum atomic E-state index is -0.179. The lowest BCUT2D eigenvalue weighted by Crippen LogP contribution is -2.35. The molecule has 0 aromatic carbocycles. The molecular formula is C13H24INO4. The van der Waals surface area contributed by atoms with Gasteiger partial charge in [-0.2, -0.15) is 0 Å². The second kappa shape index (κ2) is 9.90. The lowest BCUT2D eigenvalue weighted by atomic mass is 9.88. The van der Waals surface area contributed by atoms with Gasteiger partial charge in [0.15, 0.2) is 23.0 Å². The summed E-state index contributed by atoms with van der Waals surface area (Å²) in [5.74, 6) is 0.587. The van der Waals surface area contributed by atoms with E-state index in [4.69, 9.17) is 4.84 Å². The Morgan fingerprint density at radius 1 is 1.26 bits per heavy atom. The van der Waals surface area contributed by atoms with Crippen molar-refractivity contribution in [1.82, 2.24) is 5.23 Å². The van der Waals surface area contributed by atoms with Crippen LogP contribution in [0.5, 0.6) is 0 Å². The first-order chi connectivity index (χ1) is 9.13. The molecule has 0 atom stereocenters. The summed E-state index contributed by atoms with van der Waals surface area (Å²) in [6.45, 7) is 2.75. The van der Waals surface area contributed by atoms with E-state index in [-0.39, 0.29) is 12.0 Å². The molecule has 0 aromatic heterocycles. The summed E-state index contributed by atoms with van der Waals surface area (Å²) in [6.07, 6.45) is 7.31. The van der Waals surface area contributed by atoms with E-state index >= 15 is 0 Å². The predicted octanol–water partition coefficient (Wildman–Crippen LogP) is 3.64. The van der Waals surface area contributed by atoms with E-state index in [0.717, 1.165) is 56.1 Å². The maximum absolute atomic E-state index is 10.9. The molecular weight excluding hydrogens is 361 g/mol. The Kier molecular flexibility index (Phi) is 8.93. The van der Waals surface area contributed by atoms with Crippen molar-refractivity contribution in [2.24, 2.45) is 5.92 Å². The number of hydrogen-bond acceptors (Lipinski definition) is 5. The molecule has 19 heavy (non-hydrogen) atoms. The van der Waals surface area contributed by atoms with Crippen LogP contribution in [-0.4, -0.2) is 29.1 Å². The number of rotatable bonds is 8. The molecule has 1 N–H and O–H groups in total. The van der Waals surface area contributed by atoms with E-state index in [1.807, 2.05) is 0 Å². The van der Waals surface area contributed by atoms with Crippen molar-refractivity contribution in [3.8, 4) is 0 Å². The van der Waals surface area contributed by atoms with Gasteiger partial charge in [0.1, 0.15) is 0 Å². The quantitative estimate of drug-likeness (QED) is 0.393. The summed E-state index contributed by atoms with van der Waals surface area (Å²) in [6, 6.07) is 0.144. The van der Waals surface area contributed by atoms with Gasteiger partial charge in [0, 0.05) is 6.42 Å². The molecule has 0 aromatic rings. The highest BCUT2D eigenvalue weighted by molar-refractivity contribution is 14.1. The third-order valence-electron chi connectivity index (χ3n) is 3.63. The molecule has 1 rings (SSSR count). The molecule has 0 bridgehead atoms. The van der Waals surface area contributed by atoms with Gasteiger partial charge in [-0.1, -0.05) is 18.6 Å². The van der Waals surface area contributed by atoms with Gasteiger partial charge in [-0.3, -0.25) is 14.8 Å². The fourth-order valence-corrected chi connectivity index (χ4v) is 2.53. The van der Waals surface area contributed by atoms with E-state index in [2.05, 4.69) is 9.99 Å². The van der Waals surface area contributed by atoms with E-state index in [0.29, 0.717) is 13.0 Å². The van der Waals surface area contributed by atoms with Crippen LogP contribution in [0.3, 0.4) is 0 Å². The number of unbranched alkanes of at least 4 members (excludes halogenated alkanes) is 2. The van der Waals surface area contributed by atoms with Gasteiger partial charge in [-0.25, -0.2) is 0 Å². The molecule has 112 valence electrons. The van der Waals surface area contributed by atoms with Crippen molar-refractivity contribution < 1.29 is 17.9 Å². The van der Waals surface area contributed by atoms with Crippen LogP contribution in [0.1, 0.15) is 58.3 Å².